The van der Waals surface area contributed by atoms with E-state index in [9.17, 15) is 4.79 Å². The molecule has 0 amide bonds. The molecule has 0 spiro atoms. The average molecular weight is 275 g/mol. The fraction of sp³-hybridized carbons (Fsp3) is 0.467. The van der Waals surface area contributed by atoms with Crippen LogP contribution in [0.2, 0.25) is 0 Å². The van der Waals surface area contributed by atoms with Crippen LogP contribution in [0.25, 0.3) is 11.0 Å². The van der Waals surface area contributed by atoms with E-state index in [4.69, 9.17) is 0 Å². The smallest absolute Gasteiger partial charge is 0.305 e. The van der Waals surface area contributed by atoms with Crippen molar-refractivity contribution in [1.82, 2.24) is 9.55 Å². The van der Waals surface area contributed by atoms with Crippen LogP contribution in [-0.2, 0) is 16.1 Å². The number of imidazole rings is 1. The number of hydrogen-bond acceptors (Lipinski definition) is 4. The summed E-state index contributed by atoms with van der Waals surface area (Å²) in [6, 6.07) is 8.04. The predicted octanol–water partition coefficient (Wildman–Crippen LogP) is 2.81. The van der Waals surface area contributed by atoms with E-state index in [1.807, 2.05) is 18.2 Å². The number of hydrogen-bond donors (Lipinski definition) is 1. The summed E-state index contributed by atoms with van der Waals surface area (Å²) in [7, 11) is 1.42. The predicted molar refractivity (Wildman–Crippen MR) is 79.8 cm³/mol. The Hall–Kier alpha value is -2.04. The first-order chi connectivity index (χ1) is 9.76. The molecule has 108 valence electrons. The number of carbonyl (C=O) groups is 1. The van der Waals surface area contributed by atoms with Crippen molar-refractivity contribution in [2.75, 3.05) is 19.0 Å². The van der Waals surface area contributed by atoms with Gasteiger partial charge in [0.1, 0.15) is 0 Å². The molecule has 2 aromatic rings. The van der Waals surface area contributed by atoms with Gasteiger partial charge in [-0.05, 0) is 25.0 Å². The van der Waals surface area contributed by atoms with Gasteiger partial charge >= 0.3 is 5.97 Å². The number of para-hydroxylation sites is 2. The minimum atomic E-state index is -0.169. The Labute approximate surface area is 118 Å². The van der Waals surface area contributed by atoms with Gasteiger partial charge in [0.05, 0.1) is 18.1 Å². The second kappa shape index (κ2) is 6.93. The molecule has 1 heterocycles. The first kappa shape index (κ1) is 14.4. The van der Waals surface area contributed by atoms with Gasteiger partial charge in [-0.2, -0.15) is 0 Å². The summed E-state index contributed by atoms with van der Waals surface area (Å²) in [6.45, 7) is 3.76. The van der Waals surface area contributed by atoms with Crippen molar-refractivity contribution in [3.63, 3.8) is 0 Å². The van der Waals surface area contributed by atoms with Gasteiger partial charge in [0, 0.05) is 19.5 Å². The summed E-state index contributed by atoms with van der Waals surface area (Å²) in [4.78, 5) is 15.8. The molecule has 5 nitrogen and oxygen atoms in total. The second-order valence-electron chi connectivity index (χ2n) is 4.68. The second-order valence-corrected chi connectivity index (χ2v) is 4.68. The standard InChI is InChI=1S/C15H21N3O2/c1-3-10-16-15-17-12-7-4-5-8-13(12)18(15)11-6-9-14(19)20-2/h4-5,7-8H,3,6,9-11H2,1-2H3,(H,16,17). The van der Waals surface area contributed by atoms with Gasteiger partial charge in [-0.1, -0.05) is 19.1 Å². The molecule has 0 saturated carbocycles. The quantitative estimate of drug-likeness (QED) is 0.789. The van der Waals surface area contributed by atoms with Crippen LogP contribution in [0.4, 0.5) is 5.95 Å². The van der Waals surface area contributed by atoms with Crippen molar-refractivity contribution in [1.29, 1.82) is 0 Å². The van der Waals surface area contributed by atoms with Crippen LogP contribution in [0.5, 0.6) is 0 Å². The third kappa shape index (κ3) is 3.29. The van der Waals surface area contributed by atoms with Gasteiger partial charge < -0.3 is 14.6 Å². The number of fused-ring (bicyclic) bond motifs is 1. The lowest BCUT2D eigenvalue weighted by molar-refractivity contribution is -0.140. The number of benzene rings is 1. The molecule has 0 bridgehead atoms. The lowest BCUT2D eigenvalue weighted by Crippen LogP contribution is -2.10. The summed E-state index contributed by atoms with van der Waals surface area (Å²) in [5.74, 6) is 0.704. The first-order valence-electron chi connectivity index (χ1n) is 7.02. The van der Waals surface area contributed by atoms with Gasteiger partial charge in [-0.25, -0.2) is 4.98 Å². The number of rotatable bonds is 7. The highest BCUT2D eigenvalue weighted by Crippen LogP contribution is 2.20. The molecule has 1 aromatic heterocycles. The molecule has 0 aliphatic carbocycles. The highest BCUT2D eigenvalue weighted by Gasteiger charge is 2.10. The van der Waals surface area contributed by atoms with E-state index in [2.05, 4.69) is 32.6 Å². The van der Waals surface area contributed by atoms with Crippen LogP contribution in [0, 0.1) is 0 Å². The molecule has 1 aromatic carbocycles. The number of methoxy groups -OCH3 is 1. The van der Waals surface area contributed by atoms with E-state index in [0.29, 0.717) is 6.42 Å². The van der Waals surface area contributed by atoms with Gasteiger partial charge in [-0.15, -0.1) is 0 Å². The van der Waals surface area contributed by atoms with Crippen LogP contribution < -0.4 is 5.32 Å². The van der Waals surface area contributed by atoms with Crippen LogP contribution >= 0.6 is 0 Å². The molecule has 0 fully saturated rings. The Bertz CT molecular complexity index is 578. The fourth-order valence-corrected chi connectivity index (χ4v) is 2.16. The molecule has 0 unspecified atom stereocenters. The molecule has 20 heavy (non-hydrogen) atoms. The Morgan fingerprint density at radius 2 is 2.20 bits per heavy atom. The van der Waals surface area contributed by atoms with Crippen molar-refractivity contribution < 1.29 is 9.53 Å². The van der Waals surface area contributed by atoms with Crippen molar-refractivity contribution in [3.05, 3.63) is 24.3 Å². The first-order valence-corrected chi connectivity index (χ1v) is 7.02. The van der Waals surface area contributed by atoms with Gasteiger partial charge in [0.2, 0.25) is 5.95 Å². The molecule has 5 heteroatoms. The molecule has 0 atom stereocenters. The summed E-state index contributed by atoms with van der Waals surface area (Å²) >= 11 is 0. The summed E-state index contributed by atoms with van der Waals surface area (Å²) < 4.78 is 6.81. The van der Waals surface area contributed by atoms with Crippen molar-refractivity contribution in [2.24, 2.45) is 0 Å². The van der Waals surface area contributed by atoms with E-state index in [1.165, 1.54) is 7.11 Å². The lowest BCUT2D eigenvalue weighted by Gasteiger charge is -2.09. The molecule has 1 N–H and O–H groups in total. The van der Waals surface area contributed by atoms with Crippen molar-refractivity contribution >= 4 is 23.0 Å². The highest BCUT2D eigenvalue weighted by molar-refractivity contribution is 5.78. The molecule has 0 radical (unpaired) electrons. The number of ether oxygens (including phenoxy) is 1. The third-order valence-electron chi connectivity index (χ3n) is 3.18. The maximum Gasteiger partial charge on any atom is 0.305 e. The number of aromatic nitrogens is 2. The Kier molecular flexibility index (Phi) is 4.98. The van der Waals surface area contributed by atoms with Gasteiger partial charge in [0.15, 0.2) is 0 Å². The number of anilines is 1. The molecule has 2 rings (SSSR count). The zero-order valence-corrected chi connectivity index (χ0v) is 12.1. The van der Waals surface area contributed by atoms with E-state index >= 15 is 0 Å². The van der Waals surface area contributed by atoms with Crippen LogP contribution in [0.15, 0.2) is 24.3 Å². The van der Waals surface area contributed by atoms with E-state index in [1.54, 1.807) is 0 Å². The number of nitrogens with zero attached hydrogens (tertiary/aromatic N) is 2. The average Bonchev–Trinajstić information content (AvgIpc) is 2.83. The SMILES string of the molecule is CCCNc1nc2ccccc2n1CCCC(=O)OC. The number of nitrogens with one attached hydrogen (secondary N) is 1. The highest BCUT2D eigenvalue weighted by atomic mass is 16.5. The minimum absolute atomic E-state index is 0.169. The normalized spacial score (nSPS) is 10.7. The van der Waals surface area contributed by atoms with Crippen LogP contribution in [0.1, 0.15) is 26.2 Å². The minimum Gasteiger partial charge on any atom is -0.469 e. The zero-order chi connectivity index (χ0) is 14.4. The summed E-state index contributed by atoms with van der Waals surface area (Å²) in [6.07, 6.45) is 2.22. The largest absolute Gasteiger partial charge is 0.469 e. The van der Waals surface area contributed by atoms with Crippen molar-refractivity contribution in [2.45, 2.75) is 32.7 Å². The van der Waals surface area contributed by atoms with Crippen LogP contribution in [0.3, 0.4) is 0 Å². The van der Waals surface area contributed by atoms with Crippen molar-refractivity contribution in [3.8, 4) is 0 Å². The monoisotopic (exact) mass is 275 g/mol. The Balaban J connectivity index is 2.17. The summed E-state index contributed by atoms with van der Waals surface area (Å²) in [5.41, 5.74) is 2.07. The fourth-order valence-electron chi connectivity index (χ4n) is 2.16. The maximum absolute atomic E-state index is 11.2. The van der Waals surface area contributed by atoms with E-state index < -0.39 is 0 Å². The molecule has 0 aliphatic heterocycles. The molecular formula is C15H21N3O2. The lowest BCUT2D eigenvalue weighted by atomic mass is 10.3. The Morgan fingerprint density at radius 1 is 1.40 bits per heavy atom. The molecule has 0 saturated heterocycles. The number of aryl methyl sites for hydroxylation is 1. The van der Waals surface area contributed by atoms with Gasteiger partial charge in [0.25, 0.3) is 0 Å². The van der Waals surface area contributed by atoms with E-state index in [0.717, 1.165) is 42.9 Å². The molecular weight excluding hydrogens is 254 g/mol. The maximum atomic E-state index is 11.2. The van der Waals surface area contributed by atoms with Gasteiger partial charge in [-0.3, -0.25) is 4.79 Å². The zero-order valence-electron chi connectivity index (χ0n) is 12.1. The summed E-state index contributed by atoms with van der Waals surface area (Å²) in [5, 5.41) is 3.34. The molecule has 0 aliphatic rings. The number of esters is 1. The van der Waals surface area contributed by atoms with Crippen LogP contribution in [-0.4, -0.2) is 29.2 Å². The van der Waals surface area contributed by atoms with E-state index in [-0.39, 0.29) is 5.97 Å². The number of carbonyl (C=O) groups excluding carboxylic acids is 1. The Morgan fingerprint density at radius 3 is 2.95 bits per heavy atom. The topological polar surface area (TPSA) is 56.2 Å². The third-order valence-corrected chi connectivity index (χ3v) is 3.18.